The van der Waals surface area contributed by atoms with Gasteiger partial charge in [-0.25, -0.2) is 4.79 Å². The minimum absolute atomic E-state index is 0.00486. The van der Waals surface area contributed by atoms with Crippen LogP contribution in [-0.4, -0.2) is 146 Å². The van der Waals surface area contributed by atoms with Gasteiger partial charge < -0.3 is 73.6 Å². The standard InChI is InChI=1S/C39H56N8O14/c1-19(2)13-27(35(56)44-28(15-23-7-11-25(52)12-8-23)36(57)47-31(18-50)39(60)61)43-38(59)30(17-49)45-33(54)21(4)41-32(53)20(3)42-37(58)29(16-48)46-34(55)26(40)14-22-5-9-24(51)10-6-22/h5-12,19-21,26-31,48-52H,13-18,40H2,1-4H3,(H,41,53)(H,42,58)(H,43,59)(H,44,56)(H,45,54)(H,46,55)(H,47,57)(H,60,61)/t20-,21-,26-,27-,28-,29-,30-,31-/m0/s1. The lowest BCUT2D eigenvalue weighted by Gasteiger charge is -2.27. The molecule has 2 aromatic carbocycles. The number of carbonyl (C=O) groups is 8. The highest BCUT2D eigenvalue weighted by molar-refractivity contribution is 5.97. The maximum atomic E-state index is 13.6. The molecule has 2 rings (SSSR count). The Labute approximate surface area is 351 Å². The van der Waals surface area contributed by atoms with Crippen molar-refractivity contribution >= 4 is 47.3 Å². The third-order valence-corrected chi connectivity index (χ3v) is 9.01. The maximum absolute atomic E-state index is 13.6. The van der Waals surface area contributed by atoms with E-state index < -0.39 is 115 Å². The van der Waals surface area contributed by atoms with Crippen LogP contribution in [0.15, 0.2) is 48.5 Å². The Balaban J connectivity index is 2.05. The molecule has 0 aromatic heterocycles. The monoisotopic (exact) mass is 860 g/mol. The van der Waals surface area contributed by atoms with Gasteiger partial charge in [0.15, 0.2) is 0 Å². The highest BCUT2D eigenvalue weighted by Crippen LogP contribution is 2.14. The Morgan fingerprint density at radius 3 is 1.28 bits per heavy atom. The van der Waals surface area contributed by atoms with E-state index in [4.69, 9.17) is 5.73 Å². The summed E-state index contributed by atoms with van der Waals surface area (Å²) in [6.45, 7) is 3.17. The van der Waals surface area contributed by atoms with Crippen LogP contribution in [0.4, 0.5) is 0 Å². The zero-order valence-corrected chi connectivity index (χ0v) is 34.1. The number of carboxylic acids is 1. The van der Waals surface area contributed by atoms with Crippen molar-refractivity contribution in [1.29, 1.82) is 0 Å². The second kappa shape index (κ2) is 24.7. The molecule has 0 aliphatic heterocycles. The lowest BCUT2D eigenvalue weighted by Crippen LogP contribution is -2.60. The van der Waals surface area contributed by atoms with E-state index in [1.54, 1.807) is 26.0 Å². The molecule has 0 aliphatic rings. The highest BCUT2D eigenvalue weighted by atomic mass is 16.4. The molecular formula is C39H56N8O14. The summed E-state index contributed by atoms with van der Waals surface area (Å²) >= 11 is 0. The van der Waals surface area contributed by atoms with Gasteiger partial charge in [0, 0.05) is 6.42 Å². The lowest BCUT2D eigenvalue weighted by molar-refractivity contribution is -0.143. The summed E-state index contributed by atoms with van der Waals surface area (Å²) in [6, 6.07) is 0.0421. The fourth-order valence-corrected chi connectivity index (χ4v) is 5.51. The van der Waals surface area contributed by atoms with E-state index in [-0.39, 0.29) is 36.7 Å². The average molecular weight is 861 g/mol. The number of nitrogens with one attached hydrogen (secondary N) is 7. The van der Waals surface area contributed by atoms with Crippen molar-refractivity contribution < 1.29 is 69.0 Å². The van der Waals surface area contributed by atoms with Crippen molar-refractivity contribution in [2.45, 2.75) is 95.3 Å². The van der Waals surface area contributed by atoms with Crippen molar-refractivity contribution in [3.8, 4) is 11.5 Å². The first kappa shape index (κ1) is 50.8. The summed E-state index contributed by atoms with van der Waals surface area (Å²) in [5.74, 6) is -8.32. The minimum Gasteiger partial charge on any atom is -0.508 e. The van der Waals surface area contributed by atoms with Gasteiger partial charge >= 0.3 is 5.97 Å². The van der Waals surface area contributed by atoms with E-state index in [0.29, 0.717) is 11.1 Å². The van der Waals surface area contributed by atoms with E-state index in [1.165, 1.54) is 50.2 Å². The second-order valence-corrected chi connectivity index (χ2v) is 14.6. The molecule has 15 N–H and O–H groups in total. The van der Waals surface area contributed by atoms with E-state index in [1.807, 2.05) is 0 Å². The van der Waals surface area contributed by atoms with Crippen molar-refractivity contribution in [3.05, 3.63) is 59.7 Å². The number of aliphatic carboxylic acids is 1. The van der Waals surface area contributed by atoms with Gasteiger partial charge in [0.25, 0.3) is 0 Å². The Bertz CT molecular complexity index is 1830. The van der Waals surface area contributed by atoms with Gasteiger partial charge in [-0.05, 0) is 68.0 Å². The number of nitrogens with two attached hydrogens (primary N) is 1. The quantitative estimate of drug-likeness (QED) is 0.0475. The van der Waals surface area contributed by atoms with Crippen LogP contribution in [0.1, 0.15) is 45.2 Å². The minimum atomic E-state index is -1.70. The molecule has 0 aliphatic carbocycles. The van der Waals surface area contributed by atoms with Crippen molar-refractivity contribution in [2.75, 3.05) is 19.8 Å². The third-order valence-electron chi connectivity index (χ3n) is 9.01. The molecule has 0 bridgehead atoms. The number of aliphatic hydroxyl groups excluding tert-OH is 3. The summed E-state index contributed by atoms with van der Waals surface area (Å²) < 4.78 is 0. The molecule has 2 aromatic rings. The second-order valence-electron chi connectivity index (χ2n) is 14.6. The van der Waals surface area contributed by atoms with Gasteiger partial charge in [0.05, 0.1) is 25.9 Å². The first-order valence-electron chi connectivity index (χ1n) is 19.2. The van der Waals surface area contributed by atoms with Crippen molar-refractivity contribution in [3.63, 3.8) is 0 Å². The summed E-state index contributed by atoms with van der Waals surface area (Å²) in [5, 5.41) is 73.8. The number of phenolic OH excluding ortho intramolecular Hbond substituents is 2. The topological polar surface area (TPSA) is 368 Å². The maximum Gasteiger partial charge on any atom is 0.328 e. The molecular weight excluding hydrogens is 804 g/mol. The molecule has 0 heterocycles. The number of rotatable bonds is 24. The van der Waals surface area contributed by atoms with E-state index in [0.717, 1.165) is 0 Å². The number of carbonyl (C=O) groups excluding carboxylic acids is 7. The Hall–Kier alpha value is -6.36. The van der Waals surface area contributed by atoms with Gasteiger partial charge in [0.1, 0.15) is 53.8 Å². The lowest BCUT2D eigenvalue weighted by atomic mass is 10.0. The van der Waals surface area contributed by atoms with Gasteiger partial charge in [-0.1, -0.05) is 38.1 Å². The molecule has 22 nitrogen and oxygen atoms in total. The molecule has 336 valence electrons. The number of carboxylic acid groups (broad SMARTS) is 1. The van der Waals surface area contributed by atoms with Crippen LogP contribution < -0.4 is 43.0 Å². The first-order chi connectivity index (χ1) is 28.7. The first-order valence-corrected chi connectivity index (χ1v) is 19.2. The molecule has 61 heavy (non-hydrogen) atoms. The normalized spacial score (nSPS) is 15.0. The molecule has 0 saturated heterocycles. The molecule has 0 unspecified atom stereocenters. The van der Waals surface area contributed by atoms with Crippen LogP contribution in [0.3, 0.4) is 0 Å². The zero-order valence-electron chi connectivity index (χ0n) is 34.1. The van der Waals surface area contributed by atoms with Crippen LogP contribution in [0.2, 0.25) is 0 Å². The van der Waals surface area contributed by atoms with Gasteiger partial charge in [-0.15, -0.1) is 0 Å². The molecule has 0 saturated carbocycles. The van der Waals surface area contributed by atoms with Gasteiger partial charge in [-0.3, -0.25) is 33.6 Å². The number of aliphatic hydroxyl groups is 3. The third kappa shape index (κ3) is 17.0. The van der Waals surface area contributed by atoms with Gasteiger partial charge in [0.2, 0.25) is 41.4 Å². The van der Waals surface area contributed by atoms with Crippen LogP contribution in [0.25, 0.3) is 0 Å². The predicted octanol–water partition coefficient (Wildman–Crippen LogP) is -4.25. The van der Waals surface area contributed by atoms with E-state index in [9.17, 15) is 69.0 Å². The van der Waals surface area contributed by atoms with E-state index in [2.05, 4.69) is 37.2 Å². The molecule has 8 atom stereocenters. The molecule has 0 fully saturated rings. The Kier molecular flexibility index (Phi) is 20.5. The highest BCUT2D eigenvalue weighted by Gasteiger charge is 2.33. The number of aromatic hydroxyl groups is 2. The van der Waals surface area contributed by atoms with Crippen LogP contribution in [0.5, 0.6) is 11.5 Å². The predicted molar refractivity (Wildman–Crippen MR) is 215 cm³/mol. The van der Waals surface area contributed by atoms with Crippen LogP contribution in [-0.2, 0) is 51.2 Å². The largest absolute Gasteiger partial charge is 0.508 e. The molecule has 0 radical (unpaired) electrons. The number of amides is 7. The fourth-order valence-electron chi connectivity index (χ4n) is 5.51. The van der Waals surface area contributed by atoms with Gasteiger partial charge in [-0.2, -0.15) is 0 Å². The van der Waals surface area contributed by atoms with Crippen LogP contribution in [0, 0.1) is 5.92 Å². The summed E-state index contributed by atoms with van der Waals surface area (Å²) in [5.41, 5.74) is 7.00. The average Bonchev–Trinajstić information content (AvgIpc) is 3.21. The summed E-state index contributed by atoms with van der Waals surface area (Å²) in [7, 11) is 0. The van der Waals surface area contributed by atoms with Crippen LogP contribution >= 0.6 is 0 Å². The number of benzene rings is 2. The Morgan fingerprint density at radius 2 is 0.820 bits per heavy atom. The molecule has 22 heteroatoms. The van der Waals surface area contributed by atoms with Crippen molar-refractivity contribution in [1.82, 2.24) is 37.2 Å². The smallest absolute Gasteiger partial charge is 0.328 e. The van der Waals surface area contributed by atoms with Crippen molar-refractivity contribution in [2.24, 2.45) is 11.7 Å². The molecule has 7 amide bonds. The SMILES string of the molecule is CC(C)C[C@H](NC(=O)[C@H](CO)NC(=O)[C@H](C)NC(=O)[C@H](C)NC(=O)[C@H](CO)NC(=O)[C@@H](N)Cc1ccc(O)cc1)C(=O)N[C@@H](Cc1ccc(O)cc1)C(=O)N[C@@H](CO)C(=O)O. The Morgan fingerprint density at radius 1 is 0.475 bits per heavy atom. The number of phenols is 2. The summed E-state index contributed by atoms with van der Waals surface area (Å²) in [4.78, 5) is 103. The zero-order chi connectivity index (χ0) is 46.0. The number of hydrogen-bond donors (Lipinski definition) is 14. The molecule has 0 spiro atoms. The fraction of sp³-hybridized carbons (Fsp3) is 0.487. The van der Waals surface area contributed by atoms with E-state index >= 15 is 0 Å². The summed E-state index contributed by atoms with van der Waals surface area (Å²) in [6.07, 6.45) is -0.157. The number of hydrogen-bond acceptors (Lipinski definition) is 14.